The quantitative estimate of drug-likeness (QED) is 0.492. The van der Waals surface area contributed by atoms with Gasteiger partial charge >= 0.3 is 0 Å². The van der Waals surface area contributed by atoms with E-state index in [2.05, 4.69) is 20.3 Å². The number of allylic oxidation sites excluding steroid dienone is 1. The molecule has 3 aromatic heterocycles. The average molecular weight is 336 g/mol. The molecule has 3 heterocycles. The third-order valence-electron chi connectivity index (χ3n) is 3.57. The first-order valence-electron chi connectivity index (χ1n) is 7.60. The molecule has 0 atom stereocenters. The number of hydrogen-bond donors (Lipinski definition) is 3. The number of ketones is 2. The molecule has 7 nitrogen and oxygen atoms in total. The highest BCUT2D eigenvalue weighted by atomic mass is 16.2. The van der Waals surface area contributed by atoms with E-state index in [1.165, 1.54) is 26.1 Å². The van der Waals surface area contributed by atoms with Crippen molar-refractivity contribution in [3.63, 3.8) is 0 Å². The van der Waals surface area contributed by atoms with Crippen molar-refractivity contribution in [3.05, 3.63) is 53.6 Å². The van der Waals surface area contributed by atoms with E-state index in [4.69, 9.17) is 0 Å². The van der Waals surface area contributed by atoms with E-state index >= 15 is 0 Å². The number of H-pyrrole nitrogens is 2. The summed E-state index contributed by atoms with van der Waals surface area (Å²) in [5.74, 6) is -0.477. The van der Waals surface area contributed by atoms with Gasteiger partial charge in [-0.3, -0.25) is 14.4 Å². The minimum atomic E-state index is -0.328. The number of pyridine rings is 1. The van der Waals surface area contributed by atoms with Crippen LogP contribution in [0.15, 0.2) is 36.7 Å². The van der Waals surface area contributed by atoms with Crippen LogP contribution in [0.4, 0.5) is 5.69 Å². The van der Waals surface area contributed by atoms with Crippen LogP contribution in [0.5, 0.6) is 0 Å². The number of nitrogens with one attached hydrogen (secondary N) is 3. The Morgan fingerprint density at radius 1 is 1.12 bits per heavy atom. The van der Waals surface area contributed by atoms with Crippen molar-refractivity contribution < 1.29 is 14.4 Å². The summed E-state index contributed by atoms with van der Waals surface area (Å²) in [6.07, 6.45) is 6.22. The van der Waals surface area contributed by atoms with Crippen molar-refractivity contribution in [1.29, 1.82) is 0 Å². The summed E-state index contributed by atoms with van der Waals surface area (Å²) in [7, 11) is 0. The smallest absolute Gasteiger partial charge is 0.272 e. The lowest BCUT2D eigenvalue weighted by Crippen LogP contribution is -2.12. The second kappa shape index (κ2) is 6.56. The van der Waals surface area contributed by atoms with Gasteiger partial charge in [0.2, 0.25) is 0 Å². The van der Waals surface area contributed by atoms with Crippen LogP contribution in [0.2, 0.25) is 0 Å². The number of fused-ring (bicyclic) bond motifs is 1. The maximum atomic E-state index is 12.3. The van der Waals surface area contributed by atoms with Gasteiger partial charge in [-0.25, -0.2) is 4.98 Å². The predicted octanol–water partition coefficient (Wildman–Crippen LogP) is 2.95. The Balaban J connectivity index is 1.77. The van der Waals surface area contributed by atoms with Crippen molar-refractivity contribution in [2.75, 3.05) is 5.32 Å². The Bertz CT molecular complexity index is 1010. The highest BCUT2D eigenvalue weighted by molar-refractivity contribution is 6.04. The lowest BCUT2D eigenvalue weighted by atomic mass is 10.2. The molecule has 3 aromatic rings. The van der Waals surface area contributed by atoms with Gasteiger partial charge in [-0.05, 0) is 42.8 Å². The van der Waals surface area contributed by atoms with E-state index in [1.54, 1.807) is 30.5 Å². The van der Waals surface area contributed by atoms with Gasteiger partial charge in [0.25, 0.3) is 5.91 Å². The van der Waals surface area contributed by atoms with Gasteiger partial charge in [0.05, 0.1) is 17.6 Å². The molecule has 3 N–H and O–H groups in total. The van der Waals surface area contributed by atoms with E-state index in [0.717, 1.165) is 10.9 Å². The second-order valence-electron chi connectivity index (χ2n) is 5.65. The van der Waals surface area contributed by atoms with E-state index < -0.39 is 0 Å². The van der Waals surface area contributed by atoms with Crippen LogP contribution in [0.1, 0.15) is 40.4 Å². The molecule has 7 heteroatoms. The zero-order chi connectivity index (χ0) is 18.0. The fourth-order valence-electron chi connectivity index (χ4n) is 2.32. The number of rotatable bonds is 5. The highest BCUT2D eigenvalue weighted by Gasteiger charge is 2.11. The minimum absolute atomic E-state index is 0.0667. The zero-order valence-electron chi connectivity index (χ0n) is 13.7. The first-order chi connectivity index (χ1) is 11.9. The normalized spacial score (nSPS) is 11.1. The van der Waals surface area contributed by atoms with Crippen molar-refractivity contribution >= 4 is 40.3 Å². The lowest BCUT2D eigenvalue weighted by molar-refractivity contribution is -0.112. The molecule has 0 radical (unpaired) electrons. The van der Waals surface area contributed by atoms with Crippen LogP contribution in [0.25, 0.3) is 17.1 Å². The molecule has 0 aromatic carbocycles. The number of carbonyl (C=O) groups is 3. The molecule has 0 saturated heterocycles. The summed E-state index contributed by atoms with van der Waals surface area (Å²) in [4.78, 5) is 44.6. The third-order valence-corrected chi connectivity index (χ3v) is 3.57. The lowest BCUT2D eigenvalue weighted by Gasteiger charge is -2.03. The molecule has 0 unspecified atom stereocenters. The van der Waals surface area contributed by atoms with Gasteiger partial charge in [0.15, 0.2) is 11.6 Å². The van der Waals surface area contributed by atoms with Gasteiger partial charge in [0, 0.05) is 18.5 Å². The van der Waals surface area contributed by atoms with Crippen molar-refractivity contribution in [3.8, 4) is 0 Å². The third kappa shape index (κ3) is 3.72. The van der Waals surface area contributed by atoms with Crippen LogP contribution in [0.3, 0.4) is 0 Å². The van der Waals surface area contributed by atoms with Crippen LogP contribution in [0, 0.1) is 0 Å². The number of amides is 1. The number of aromatic nitrogens is 3. The maximum absolute atomic E-state index is 12.3. The molecular weight excluding hydrogens is 320 g/mol. The molecule has 0 saturated carbocycles. The molecule has 1 amide bonds. The summed E-state index contributed by atoms with van der Waals surface area (Å²) in [5, 5.41) is 3.48. The predicted molar refractivity (Wildman–Crippen MR) is 94.6 cm³/mol. The fraction of sp³-hybridized carbons (Fsp3) is 0.111. The van der Waals surface area contributed by atoms with Gasteiger partial charge in [-0.15, -0.1) is 0 Å². The van der Waals surface area contributed by atoms with E-state index in [1.807, 2.05) is 0 Å². The molecule has 126 valence electrons. The number of nitrogens with zero attached hydrogens (tertiary/aromatic N) is 1. The Morgan fingerprint density at radius 2 is 1.92 bits per heavy atom. The molecule has 0 aliphatic rings. The number of carbonyl (C=O) groups excluding carboxylic acids is 3. The Labute approximate surface area is 143 Å². The first kappa shape index (κ1) is 16.4. The molecule has 3 rings (SSSR count). The number of Topliss-reactive ketones (excluding diaryl/α,β-unsaturated/α-hetero) is 1. The van der Waals surface area contributed by atoms with Gasteiger partial charge in [0.1, 0.15) is 11.3 Å². The monoisotopic (exact) mass is 336 g/mol. The number of aromatic amines is 2. The second-order valence-corrected chi connectivity index (χ2v) is 5.65. The molecule has 0 bridgehead atoms. The molecule has 0 aliphatic carbocycles. The summed E-state index contributed by atoms with van der Waals surface area (Å²) < 4.78 is 0. The van der Waals surface area contributed by atoms with Crippen LogP contribution in [-0.2, 0) is 4.79 Å². The Kier molecular flexibility index (Phi) is 4.30. The summed E-state index contributed by atoms with van der Waals surface area (Å²) in [5.41, 5.74) is 2.66. The summed E-state index contributed by atoms with van der Waals surface area (Å²) >= 11 is 0. The summed E-state index contributed by atoms with van der Waals surface area (Å²) in [6, 6.07) is 5.08. The standard InChI is InChI=1S/C18H16N4O3/c1-10(23)3-4-12-5-16(19-8-12)18(25)21-14-6-13-7-15(11(2)24)22-17(13)20-9-14/h3-9,19H,1-2H3,(H,20,22)(H,21,25)/b4-3+. The van der Waals surface area contributed by atoms with Crippen molar-refractivity contribution in [1.82, 2.24) is 15.0 Å². The van der Waals surface area contributed by atoms with E-state index in [9.17, 15) is 14.4 Å². The van der Waals surface area contributed by atoms with E-state index in [-0.39, 0.29) is 17.5 Å². The maximum Gasteiger partial charge on any atom is 0.272 e. The minimum Gasteiger partial charge on any atom is -0.357 e. The molecule has 0 spiro atoms. The van der Waals surface area contributed by atoms with Crippen molar-refractivity contribution in [2.24, 2.45) is 0 Å². The van der Waals surface area contributed by atoms with Crippen LogP contribution in [-0.4, -0.2) is 32.4 Å². The number of anilines is 1. The van der Waals surface area contributed by atoms with Gasteiger partial charge in [-0.1, -0.05) is 0 Å². The van der Waals surface area contributed by atoms with Gasteiger partial charge in [-0.2, -0.15) is 0 Å². The van der Waals surface area contributed by atoms with E-state index in [0.29, 0.717) is 22.7 Å². The summed E-state index contributed by atoms with van der Waals surface area (Å²) in [6.45, 7) is 2.93. The SMILES string of the molecule is CC(=O)/C=C/c1c[nH]c(C(=O)Nc2cnc3[nH]c(C(C)=O)cc3c2)c1. The number of hydrogen-bond acceptors (Lipinski definition) is 4. The molecule has 0 fully saturated rings. The highest BCUT2D eigenvalue weighted by Crippen LogP contribution is 2.18. The molecule has 0 aliphatic heterocycles. The largest absolute Gasteiger partial charge is 0.357 e. The van der Waals surface area contributed by atoms with Crippen molar-refractivity contribution in [2.45, 2.75) is 13.8 Å². The first-order valence-corrected chi connectivity index (χ1v) is 7.60. The Morgan fingerprint density at radius 3 is 2.64 bits per heavy atom. The molecule has 25 heavy (non-hydrogen) atoms. The fourth-order valence-corrected chi connectivity index (χ4v) is 2.32. The van der Waals surface area contributed by atoms with Crippen LogP contribution >= 0.6 is 0 Å². The zero-order valence-corrected chi connectivity index (χ0v) is 13.7. The van der Waals surface area contributed by atoms with Gasteiger partial charge < -0.3 is 15.3 Å². The van der Waals surface area contributed by atoms with Crippen LogP contribution < -0.4 is 5.32 Å². The molecular formula is C18H16N4O3. The Hall–Kier alpha value is -3.48. The average Bonchev–Trinajstić information content (AvgIpc) is 3.19. The topological polar surface area (TPSA) is 108 Å².